The zero-order chi connectivity index (χ0) is 14.8. The third-order valence-corrected chi connectivity index (χ3v) is 3.29. The van der Waals surface area contributed by atoms with E-state index in [1.807, 2.05) is 0 Å². The molecule has 0 unspecified atom stereocenters. The predicted molar refractivity (Wildman–Crippen MR) is 78.2 cm³/mol. The lowest BCUT2D eigenvalue weighted by atomic mass is 10.0. The molecule has 4 nitrogen and oxygen atoms in total. The molecule has 0 aliphatic heterocycles. The first-order valence-electron chi connectivity index (χ1n) is 7.37. The third-order valence-electron chi connectivity index (χ3n) is 3.29. The van der Waals surface area contributed by atoms with Gasteiger partial charge in [-0.05, 0) is 12.5 Å². The molecule has 4 heteroatoms. The summed E-state index contributed by atoms with van der Waals surface area (Å²) in [6, 6.07) is 0. The Balaban J connectivity index is 2.14. The van der Waals surface area contributed by atoms with Crippen molar-refractivity contribution in [3.8, 4) is 0 Å². The Labute approximate surface area is 120 Å². The van der Waals surface area contributed by atoms with Crippen molar-refractivity contribution in [2.24, 2.45) is 0 Å². The second kappa shape index (κ2) is 9.23. The van der Waals surface area contributed by atoms with Crippen LogP contribution >= 0.6 is 0 Å². The van der Waals surface area contributed by atoms with Crippen molar-refractivity contribution >= 4 is 17.5 Å². The second-order valence-electron chi connectivity index (χ2n) is 5.04. The van der Waals surface area contributed by atoms with E-state index in [9.17, 15) is 14.4 Å². The Morgan fingerprint density at radius 2 is 1.80 bits per heavy atom. The van der Waals surface area contributed by atoms with E-state index < -0.39 is 11.6 Å². The van der Waals surface area contributed by atoms with Crippen LogP contribution in [0.2, 0.25) is 0 Å². The summed E-state index contributed by atoms with van der Waals surface area (Å²) in [4.78, 5) is 34.2. The Kier molecular flexibility index (Phi) is 7.55. The zero-order valence-corrected chi connectivity index (χ0v) is 12.1. The lowest BCUT2D eigenvalue weighted by Gasteiger charge is -2.09. The normalized spacial score (nSPS) is 14.3. The van der Waals surface area contributed by atoms with Crippen LogP contribution in [0.25, 0.3) is 0 Å². The monoisotopic (exact) mass is 277 g/mol. The van der Waals surface area contributed by atoms with Crippen molar-refractivity contribution in [1.82, 2.24) is 5.32 Å². The van der Waals surface area contributed by atoms with Gasteiger partial charge in [-0.3, -0.25) is 14.4 Å². The molecule has 1 N–H and O–H groups in total. The molecule has 0 fully saturated rings. The molecule has 1 rings (SSSR count). The smallest absolute Gasteiger partial charge is 0.230 e. The third kappa shape index (κ3) is 5.95. The van der Waals surface area contributed by atoms with Gasteiger partial charge in [0, 0.05) is 18.5 Å². The fourth-order valence-electron chi connectivity index (χ4n) is 2.05. The summed E-state index contributed by atoms with van der Waals surface area (Å²) in [5, 5.41) is 2.69. The van der Waals surface area contributed by atoms with Gasteiger partial charge >= 0.3 is 0 Å². The van der Waals surface area contributed by atoms with Crippen LogP contribution in [-0.4, -0.2) is 24.0 Å². The maximum Gasteiger partial charge on any atom is 0.230 e. The fraction of sp³-hybridized carbons (Fsp3) is 0.562. The van der Waals surface area contributed by atoms with Gasteiger partial charge in [0.1, 0.15) is 0 Å². The first kappa shape index (κ1) is 16.3. The highest BCUT2D eigenvalue weighted by Crippen LogP contribution is 2.07. The van der Waals surface area contributed by atoms with Crippen LogP contribution in [0.1, 0.15) is 51.9 Å². The van der Waals surface area contributed by atoms with E-state index in [4.69, 9.17) is 0 Å². The average Bonchev–Trinajstić information content (AvgIpc) is 2.44. The molecule has 0 bridgehead atoms. The number of carbonyl (C=O) groups excluding carboxylic acids is 3. The number of nitrogens with one attached hydrogen (secondary N) is 1. The van der Waals surface area contributed by atoms with Gasteiger partial charge in [-0.2, -0.15) is 0 Å². The van der Waals surface area contributed by atoms with Crippen LogP contribution in [-0.2, 0) is 14.4 Å². The van der Waals surface area contributed by atoms with Crippen molar-refractivity contribution in [3.63, 3.8) is 0 Å². The Morgan fingerprint density at radius 1 is 1.10 bits per heavy atom. The summed E-state index contributed by atoms with van der Waals surface area (Å²) < 4.78 is 0. The molecule has 1 aliphatic rings. The van der Waals surface area contributed by atoms with E-state index in [1.54, 1.807) is 12.2 Å². The summed E-state index contributed by atoms with van der Waals surface area (Å²) in [6.45, 7) is 2.32. The van der Waals surface area contributed by atoms with E-state index in [1.165, 1.54) is 31.8 Å². The molecule has 0 aromatic carbocycles. The summed E-state index contributed by atoms with van der Waals surface area (Å²) in [6.07, 6.45) is 11.7. The Morgan fingerprint density at radius 3 is 2.55 bits per heavy atom. The first-order valence-corrected chi connectivity index (χ1v) is 7.37. The molecule has 0 radical (unpaired) electrons. The van der Waals surface area contributed by atoms with Crippen LogP contribution in [0.5, 0.6) is 0 Å². The summed E-state index contributed by atoms with van der Waals surface area (Å²) in [5.74, 6) is -1.10. The number of rotatable bonds is 9. The lowest BCUT2D eigenvalue weighted by molar-refractivity contribution is -0.131. The van der Waals surface area contributed by atoms with Crippen molar-refractivity contribution in [2.75, 3.05) is 6.54 Å². The summed E-state index contributed by atoms with van der Waals surface area (Å²) >= 11 is 0. The molecule has 0 saturated heterocycles. The van der Waals surface area contributed by atoms with Crippen LogP contribution in [0, 0.1) is 0 Å². The van der Waals surface area contributed by atoms with Gasteiger partial charge in [-0.25, -0.2) is 0 Å². The minimum atomic E-state index is -0.521. The van der Waals surface area contributed by atoms with E-state index in [2.05, 4.69) is 12.2 Å². The quantitative estimate of drug-likeness (QED) is 0.400. The van der Waals surface area contributed by atoms with Crippen LogP contribution in [0.3, 0.4) is 0 Å². The number of Topliss-reactive ketones (excluding diaryl/α,β-unsaturated/α-hetero) is 1. The van der Waals surface area contributed by atoms with Gasteiger partial charge in [0.25, 0.3) is 0 Å². The van der Waals surface area contributed by atoms with Gasteiger partial charge in [0.15, 0.2) is 0 Å². The van der Waals surface area contributed by atoms with Crippen LogP contribution in [0.4, 0.5) is 0 Å². The SMILES string of the molecule is CCCCCCCCC(=O)NCC1=CC=CC(=O)C1=O. The largest absolute Gasteiger partial charge is 0.352 e. The molecule has 110 valence electrons. The molecule has 0 saturated carbocycles. The number of hydrogen-bond donors (Lipinski definition) is 1. The minimum absolute atomic E-state index is 0.0591. The van der Waals surface area contributed by atoms with Crippen molar-refractivity contribution in [1.29, 1.82) is 0 Å². The molecule has 1 aliphatic carbocycles. The van der Waals surface area contributed by atoms with Crippen molar-refractivity contribution in [3.05, 3.63) is 23.8 Å². The van der Waals surface area contributed by atoms with Gasteiger partial charge in [-0.1, -0.05) is 51.2 Å². The molecule has 1 amide bonds. The number of carbonyl (C=O) groups is 3. The highest BCUT2D eigenvalue weighted by molar-refractivity contribution is 6.48. The molecule has 0 atom stereocenters. The van der Waals surface area contributed by atoms with Gasteiger partial charge in [0.05, 0.1) is 0 Å². The van der Waals surface area contributed by atoms with E-state index in [0.29, 0.717) is 12.0 Å². The Hall–Kier alpha value is -1.71. The minimum Gasteiger partial charge on any atom is -0.352 e. The van der Waals surface area contributed by atoms with E-state index in [-0.39, 0.29) is 12.5 Å². The number of amides is 1. The number of allylic oxidation sites excluding steroid dienone is 3. The molecule has 0 aromatic rings. The zero-order valence-electron chi connectivity index (χ0n) is 12.1. The van der Waals surface area contributed by atoms with Gasteiger partial charge in [-0.15, -0.1) is 0 Å². The lowest BCUT2D eigenvalue weighted by Crippen LogP contribution is -2.30. The maximum absolute atomic E-state index is 11.6. The molecular weight excluding hydrogens is 254 g/mol. The first-order chi connectivity index (χ1) is 9.65. The van der Waals surface area contributed by atoms with Crippen LogP contribution < -0.4 is 5.32 Å². The van der Waals surface area contributed by atoms with Gasteiger partial charge in [0.2, 0.25) is 17.5 Å². The number of unbranched alkanes of at least 4 members (excludes halogenated alkanes) is 5. The van der Waals surface area contributed by atoms with Gasteiger partial charge < -0.3 is 5.32 Å². The number of ketones is 2. The standard InChI is InChI=1S/C16H23NO3/c1-2-3-4-5-6-7-11-15(19)17-12-13-9-8-10-14(18)16(13)20/h8-10H,2-7,11-12H2,1H3,(H,17,19). The van der Waals surface area contributed by atoms with Crippen molar-refractivity contribution in [2.45, 2.75) is 51.9 Å². The van der Waals surface area contributed by atoms with Crippen LogP contribution in [0.15, 0.2) is 23.8 Å². The summed E-state index contributed by atoms with van der Waals surface area (Å²) in [7, 11) is 0. The van der Waals surface area contributed by atoms with E-state index in [0.717, 1.165) is 12.8 Å². The maximum atomic E-state index is 11.6. The topological polar surface area (TPSA) is 63.2 Å². The van der Waals surface area contributed by atoms with E-state index >= 15 is 0 Å². The molecular formula is C16H23NO3. The van der Waals surface area contributed by atoms with Crippen molar-refractivity contribution < 1.29 is 14.4 Å². The molecule has 0 aromatic heterocycles. The summed E-state index contributed by atoms with van der Waals surface area (Å²) in [5.41, 5.74) is 0.355. The highest BCUT2D eigenvalue weighted by atomic mass is 16.2. The molecule has 0 heterocycles. The average molecular weight is 277 g/mol. The molecule has 20 heavy (non-hydrogen) atoms. The Bertz CT molecular complexity index is 421. The second-order valence-corrected chi connectivity index (χ2v) is 5.04. The highest BCUT2D eigenvalue weighted by Gasteiger charge is 2.18. The number of hydrogen-bond acceptors (Lipinski definition) is 3. The fourth-order valence-corrected chi connectivity index (χ4v) is 2.05. The molecule has 0 spiro atoms. The predicted octanol–water partition coefficient (Wildman–Crippen LogP) is 2.49.